The molecular formula is C31H34N2O10. The van der Waals surface area contributed by atoms with Gasteiger partial charge in [0, 0.05) is 43.4 Å². The molecule has 3 aromatic rings. The lowest BCUT2D eigenvalue weighted by molar-refractivity contribution is -0.143. The van der Waals surface area contributed by atoms with E-state index in [0.29, 0.717) is 37.5 Å². The molecule has 43 heavy (non-hydrogen) atoms. The number of benzene rings is 1. The molecule has 2 aliphatic rings. The second kappa shape index (κ2) is 12.7. The van der Waals surface area contributed by atoms with Crippen molar-refractivity contribution in [3.63, 3.8) is 0 Å². The summed E-state index contributed by atoms with van der Waals surface area (Å²) in [4.78, 5) is 51.6. The first kappa shape index (κ1) is 29.9. The number of likely N-dealkylation sites (tertiary alicyclic amines) is 1. The molecule has 12 heteroatoms. The average Bonchev–Trinajstić information content (AvgIpc) is 3.00. The van der Waals surface area contributed by atoms with E-state index in [1.807, 2.05) is 10.6 Å². The minimum absolute atomic E-state index is 0.00570. The molecule has 2 aromatic heterocycles. The highest BCUT2D eigenvalue weighted by Crippen LogP contribution is 2.39. The van der Waals surface area contributed by atoms with Crippen LogP contribution in [0.25, 0.3) is 0 Å². The molecule has 5 rings (SSSR count). The van der Waals surface area contributed by atoms with E-state index in [4.69, 9.17) is 18.6 Å². The molecule has 2 aliphatic heterocycles. The molecule has 1 fully saturated rings. The lowest BCUT2D eigenvalue weighted by Gasteiger charge is -2.42. The molecule has 12 nitrogen and oxygen atoms in total. The first-order chi connectivity index (χ1) is 20.7. The fraction of sp³-hybridized carbons (Fsp3) is 0.419. The van der Waals surface area contributed by atoms with Gasteiger partial charge in [-0.1, -0.05) is 12.1 Å². The fourth-order valence-electron chi connectivity index (χ4n) is 6.04. The molecule has 3 atom stereocenters. The van der Waals surface area contributed by atoms with E-state index in [-0.39, 0.29) is 47.7 Å². The number of fused-ring (bicyclic) bond motifs is 4. The third-order valence-corrected chi connectivity index (χ3v) is 8.01. The van der Waals surface area contributed by atoms with Gasteiger partial charge in [-0.2, -0.15) is 0 Å². The van der Waals surface area contributed by atoms with Gasteiger partial charge in [0.2, 0.25) is 11.2 Å². The molecule has 1 saturated heterocycles. The predicted molar refractivity (Wildman–Crippen MR) is 152 cm³/mol. The summed E-state index contributed by atoms with van der Waals surface area (Å²) in [6, 6.07) is 11.4. The topological polar surface area (TPSA) is 147 Å². The van der Waals surface area contributed by atoms with Crippen LogP contribution >= 0.6 is 0 Å². The van der Waals surface area contributed by atoms with Crippen molar-refractivity contribution in [3.05, 3.63) is 85.8 Å². The molecule has 3 unspecified atom stereocenters. The van der Waals surface area contributed by atoms with Crippen molar-refractivity contribution in [3.8, 4) is 17.2 Å². The number of rotatable bonds is 10. The summed E-state index contributed by atoms with van der Waals surface area (Å²) in [6.45, 7) is 2.00. The van der Waals surface area contributed by atoms with E-state index < -0.39 is 29.0 Å². The molecule has 0 radical (unpaired) electrons. The van der Waals surface area contributed by atoms with Gasteiger partial charge in [-0.05, 0) is 36.1 Å². The molecule has 1 aromatic carbocycles. The van der Waals surface area contributed by atoms with Gasteiger partial charge in [0.25, 0.3) is 5.56 Å². The van der Waals surface area contributed by atoms with Crippen LogP contribution in [-0.2, 0) is 32.2 Å². The predicted octanol–water partition coefficient (Wildman–Crippen LogP) is 2.38. The number of aromatic nitrogens is 1. The van der Waals surface area contributed by atoms with Crippen molar-refractivity contribution < 1.29 is 38.1 Å². The summed E-state index contributed by atoms with van der Waals surface area (Å²) >= 11 is 0. The third-order valence-electron chi connectivity index (χ3n) is 8.01. The number of aromatic hydroxyl groups is 1. The summed E-state index contributed by atoms with van der Waals surface area (Å²) in [5.74, 6) is -1.45. The number of methoxy groups -OCH3 is 3. The maximum atomic E-state index is 13.0. The molecular weight excluding hydrogens is 560 g/mol. The highest BCUT2D eigenvalue weighted by molar-refractivity contribution is 5.72. The van der Waals surface area contributed by atoms with Gasteiger partial charge in [0.15, 0.2) is 23.9 Å². The molecule has 228 valence electrons. The highest BCUT2D eigenvalue weighted by atomic mass is 16.6. The van der Waals surface area contributed by atoms with Crippen molar-refractivity contribution in [1.29, 1.82) is 0 Å². The molecule has 0 saturated carbocycles. The maximum absolute atomic E-state index is 13.0. The Morgan fingerprint density at radius 1 is 1.00 bits per heavy atom. The minimum atomic E-state index is -0.900. The van der Waals surface area contributed by atoms with Crippen LogP contribution in [0.15, 0.2) is 56.5 Å². The van der Waals surface area contributed by atoms with Gasteiger partial charge in [0.05, 0.1) is 40.2 Å². The normalized spacial score (nSPS) is 18.3. The lowest BCUT2D eigenvalue weighted by Crippen LogP contribution is -2.46. The van der Waals surface area contributed by atoms with Gasteiger partial charge in [0.1, 0.15) is 5.76 Å². The van der Waals surface area contributed by atoms with Gasteiger partial charge in [-0.15, -0.1) is 0 Å². The van der Waals surface area contributed by atoms with Crippen LogP contribution in [0, 0.1) is 5.92 Å². The second-order valence-electron chi connectivity index (χ2n) is 10.8. The van der Waals surface area contributed by atoms with Gasteiger partial charge < -0.3 is 33.0 Å². The number of piperidine rings is 1. The Kier molecular flexibility index (Phi) is 8.86. The summed E-state index contributed by atoms with van der Waals surface area (Å²) in [6.07, 6.45) is 0.745. The molecule has 1 N–H and O–H groups in total. The Morgan fingerprint density at radius 2 is 1.79 bits per heavy atom. The van der Waals surface area contributed by atoms with Crippen LogP contribution in [0.1, 0.15) is 47.5 Å². The number of ether oxygens (including phenoxy) is 4. The Bertz CT molecular complexity index is 1630. The van der Waals surface area contributed by atoms with Gasteiger partial charge >= 0.3 is 11.9 Å². The van der Waals surface area contributed by atoms with Gasteiger partial charge in [-0.25, -0.2) is 4.79 Å². The monoisotopic (exact) mass is 594 g/mol. The largest absolute Gasteiger partial charge is 0.502 e. The van der Waals surface area contributed by atoms with Crippen molar-refractivity contribution in [2.75, 3.05) is 41.0 Å². The Morgan fingerprint density at radius 3 is 2.53 bits per heavy atom. The second-order valence-corrected chi connectivity index (χ2v) is 10.8. The van der Waals surface area contributed by atoms with E-state index in [0.717, 1.165) is 12.1 Å². The van der Waals surface area contributed by atoms with Crippen LogP contribution in [0.4, 0.5) is 0 Å². The molecule has 4 heterocycles. The summed E-state index contributed by atoms with van der Waals surface area (Å²) in [5, 5.41) is 10.9. The summed E-state index contributed by atoms with van der Waals surface area (Å²) < 4.78 is 28.5. The van der Waals surface area contributed by atoms with Crippen LogP contribution < -0.4 is 20.5 Å². The molecule has 0 spiro atoms. The Labute approximate surface area is 247 Å². The minimum Gasteiger partial charge on any atom is -0.502 e. The standard InChI is InChI=1S/C31H34N2O10/c1-39-26-10-19(7-8-25(26)42-17-29(37)41-3)22(12-28(36)40-2)31-30(38)24(34)11-21(43-31)16-32-13-18-9-20(15-32)23-5-4-6-27(35)33(23)14-18/h4-8,10-11,18,20,22,38H,9,12-17H2,1-3H3. The Balaban J connectivity index is 1.44. The number of esters is 2. The van der Waals surface area contributed by atoms with Crippen molar-refractivity contribution >= 4 is 11.9 Å². The zero-order chi connectivity index (χ0) is 30.7. The zero-order valence-electron chi connectivity index (χ0n) is 24.2. The van der Waals surface area contributed by atoms with E-state index in [9.17, 15) is 24.3 Å². The third kappa shape index (κ3) is 6.43. The number of hydrogen-bond acceptors (Lipinski definition) is 11. The van der Waals surface area contributed by atoms with Crippen molar-refractivity contribution in [2.24, 2.45) is 5.92 Å². The summed E-state index contributed by atoms with van der Waals surface area (Å²) in [7, 11) is 3.91. The quantitative estimate of drug-likeness (QED) is 0.345. The number of pyridine rings is 1. The van der Waals surface area contributed by atoms with Crippen LogP contribution in [0.5, 0.6) is 17.2 Å². The molecule has 2 bridgehead atoms. The highest BCUT2D eigenvalue weighted by Gasteiger charge is 2.35. The lowest BCUT2D eigenvalue weighted by atomic mass is 9.83. The Hall–Kier alpha value is -4.58. The fourth-order valence-corrected chi connectivity index (χ4v) is 6.04. The van der Waals surface area contributed by atoms with Crippen LogP contribution in [0.2, 0.25) is 0 Å². The van der Waals surface area contributed by atoms with Crippen molar-refractivity contribution in [2.45, 2.75) is 37.8 Å². The number of nitrogens with zero attached hydrogens (tertiary/aromatic N) is 2. The smallest absolute Gasteiger partial charge is 0.343 e. The summed E-state index contributed by atoms with van der Waals surface area (Å²) in [5.41, 5.74) is 0.863. The molecule has 0 amide bonds. The van der Waals surface area contributed by atoms with Crippen LogP contribution in [-0.4, -0.2) is 67.5 Å². The number of carbonyl (C=O) groups excluding carboxylic acids is 2. The van der Waals surface area contributed by atoms with E-state index in [2.05, 4.69) is 9.64 Å². The van der Waals surface area contributed by atoms with Crippen molar-refractivity contribution in [1.82, 2.24) is 9.47 Å². The number of hydrogen-bond donors (Lipinski definition) is 1. The average molecular weight is 595 g/mol. The van der Waals surface area contributed by atoms with Gasteiger partial charge in [-0.3, -0.25) is 19.3 Å². The van der Waals surface area contributed by atoms with E-state index in [1.165, 1.54) is 27.4 Å². The first-order valence-corrected chi connectivity index (χ1v) is 13.9. The van der Waals surface area contributed by atoms with E-state index >= 15 is 0 Å². The SMILES string of the molecule is COC(=O)COc1ccc(C(CC(=O)OC)c2oc(CN3CC4CC(C3)c3cccc(=O)n3C4)cc(=O)c2O)cc1OC. The first-order valence-electron chi connectivity index (χ1n) is 13.9. The maximum Gasteiger partial charge on any atom is 0.343 e. The number of carbonyl (C=O) groups is 2. The van der Waals surface area contributed by atoms with E-state index in [1.54, 1.807) is 30.3 Å². The zero-order valence-corrected chi connectivity index (χ0v) is 24.2. The molecule has 0 aliphatic carbocycles. The van der Waals surface area contributed by atoms with Crippen LogP contribution in [0.3, 0.4) is 0 Å².